The minimum Gasteiger partial charge on any atom is -0.293 e. The van der Waals surface area contributed by atoms with Gasteiger partial charge in [0.25, 0.3) is 5.91 Å². The molecule has 0 aliphatic carbocycles. The molecule has 1 saturated heterocycles. The predicted octanol–water partition coefficient (Wildman–Crippen LogP) is -1.09. The van der Waals surface area contributed by atoms with Crippen LogP contribution in [0.5, 0.6) is 0 Å². The van der Waals surface area contributed by atoms with Gasteiger partial charge in [0, 0.05) is 12.8 Å². The molecule has 14 heavy (non-hydrogen) atoms. The molecule has 0 aromatic rings. The second-order valence-corrected chi connectivity index (χ2v) is 3.15. The van der Waals surface area contributed by atoms with Gasteiger partial charge < -0.3 is 0 Å². The van der Waals surface area contributed by atoms with E-state index in [9.17, 15) is 14.4 Å². The second-order valence-electron chi connectivity index (χ2n) is 3.15. The third-order valence-corrected chi connectivity index (χ3v) is 2.10. The highest BCUT2D eigenvalue weighted by Crippen LogP contribution is 2.11. The molecule has 0 radical (unpaired) electrons. The summed E-state index contributed by atoms with van der Waals surface area (Å²) >= 11 is 0. The highest BCUT2D eigenvalue weighted by atomic mass is 16.2. The van der Waals surface area contributed by atoms with Crippen molar-refractivity contribution in [2.24, 2.45) is 5.84 Å². The van der Waals surface area contributed by atoms with Crippen LogP contribution in [0.4, 0.5) is 0 Å². The van der Waals surface area contributed by atoms with Crippen LogP contribution >= 0.6 is 0 Å². The standard InChI is InChI=1S/C8H13N3O3/c9-10-6(12)5-11-7(13)3-1-2-4-8(11)14/h1-5,9H2,(H,10,12). The summed E-state index contributed by atoms with van der Waals surface area (Å²) in [6.45, 7) is -0.270. The average Bonchev–Trinajstić information content (AvgIpc) is 2.32. The molecule has 0 atom stereocenters. The number of nitrogens with one attached hydrogen (secondary N) is 1. The van der Waals surface area contributed by atoms with Gasteiger partial charge in [0.1, 0.15) is 6.54 Å². The van der Waals surface area contributed by atoms with Crippen LogP contribution in [-0.4, -0.2) is 29.2 Å². The summed E-state index contributed by atoms with van der Waals surface area (Å²) in [5.41, 5.74) is 1.89. The molecule has 3 amide bonds. The van der Waals surface area contributed by atoms with Crippen molar-refractivity contribution in [3.63, 3.8) is 0 Å². The van der Waals surface area contributed by atoms with Crippen LogP contribution in [0.1, 0.15) is 25.7 Å². The fourth-order valence-electron chi connectivity index (χ4n) is 1.33. The second kappa shape index (κ2) is 4.71. The molecule has 0 bridgehead atoms. The molecule has 0 spiro atoms. The summed E-state index contributed by atoms with van der Waals surface area (Å²) < 4.78 is 0. The summed E-state index contributed by atoms with van der Waals surface area (Å²) in [6.07, 6.45) is 2.05. The van der Waals surface area contributed by atoms with E-state index in [1.165, 1.54) is 0 Å². The van der Waals surface area contributed by atoms with Crippen molar-refractivity contribution < 1.29 is 14.4 Å². The van der Waals surface area contributed by atoms with Gasteiger partial charge in [0.05, 0.1) is 0 Å². The van der Waals surface area contributed by atoms with Crippen LogP contribution in [0, 0.1) is 0 Å². The first-order valence-corrected chi connectivity index (χ1v) is 4.48. The van der Waals surface area contributed by atoms with Crippen LogP contribution in [0.2, 0.25) is 0 Å². The molecular formula is C8H13N3O3. The molecule has 6 heteroatoms. The predicted molar refractivity (Wildman–Crippen MR) is 47.5 cm³/mol. The smallest absolute Gasteiger partial charge is 0.254 e. The lowest BCUT2D eigenvalue weighted by molar-refractivity contribution is -0.147. The highest BCUT2D eigenvalue weighted by molar-refractivity contribution is 5.99. The first-order chi connectivity index (χ1) is 6.65. The van der Waals surface area contributed by atoms with Crippen LogP contribution in [0.25, 0.3) is 0 Å². The lowest BCUT2D eigenvalue weighted by Gasteiger charge is -2.16. The molecule has 1 fully saturated rings. The fourth-order valence-corrected chi connectivity index (χ4v) is 1.33. The molecule has 0 aromatic heterocycles. The third-order valence-electron chi connectivity index (χ3n) is 2.10. The molecule has 6 nitrogen and oxygen atoms in total. The SMILES string of the molecule is NNC(=O)CN1C(=O)CCCCC1=O. The zero-order valence-electron chi connectivity index (χ0n) is 7.78. The van der Waals surface area contributed by atoms with Crippen LogP contribution in [0.15, 0.2) is 0 Å². The Morgan fingerprint density at radius 1 is 1.29 bits per heavy atom. The lowest BCUT2D eigenvalue weighted by Crippen LogP contribution is -2.45. The normalized spacial score (nSPS) is 17.9. The number of hydrogen-bond acceptors (Lipinski definition) is 4. The molecule has 0 aromatic carbocycles. The van der Waals surface area contributed by atoms with E-state index in [0.29, 0.717) is 25.7 Å². The Balaban J connectivity index is 2.65. The number of imide groups is 1. The van der Waals surface area contributed by atoms with Gasteiger partial charge in [-0.05, 0) is 12.8 Å². The molecule has 1 rings (SSSR count). The van der Waals surface area contributed by atoms with Gasteiger partial charge >= 0.3 is 0 Å². The van der Waals surface area contributed by atoms with Gasteiger partial charge in [-0.2, -0.15) is 0 Å². The van der Waals surface area contributed by atoms with Gasteiger partial charge in [-0.3, -0.25) is 24.7 Å². The van der Waals surface area contributed by atoms with Crippen LogP contribution < -0.4 is 11.3 Å². The molecule has 1 aliphatic heterocycles. The first-order valence-electron chi connectivity index (χ1n) is 4.48. The quantitative estimate of drug-likeness (QED) is 0.256. The maximum absolute atomic E-state index is 11.4. The Labute approximate surface area is 81.4 Å². The molecule has 0 saturated carbocycles. The topological polar surface area (TPSA) is 92.5 Å². The number of likely N-dealkylation sites (tertiary alicyclic amines) is 1. The van der Waals surface area contributed by atoms with E-state index in [2.05, 4.69) is 0 Å². The minimum atomic E-state index is -0.534. The van der Waals surface area contributed by atoms with Crippen LogP contribution in [0.3, 0.4) is 0 Å². The molecule has 0 unspecified atom stereocenters. The van der Waals surface area contributed by atoms with Crippen molar-refractivity contribution in [1.82, 2.24) is 10.3 Å². The van der Waals surface area contributed by atoms with Crippen molar-refractivity contribution >= 4 is 17.7 Å². The van der Waals surface area contributed by atoms with Gasteiger partial charge in [0.15, 0.2) is 0 Å². The number of amides is 3. The maximum atomic E-state index is 11.4. The van der Waals surface area contributed by atoms with Crippen LogP contribution in [-0.2, 0) is 14.4 Å². The largest absolute Gasteiger partial charge is 0.293 e. The molecule has 1 aliphatic rings. The van der Waals surface area contributed by atoms with Gasteiger partial charge in [-0.25, -0.2) is 5.84 Å². The first kappa shape index (κ1) is 10.6. The van der Waals surface area contributed by atoms with E-state index < -0.39 is 5.91 Å². The average molecular weight is 199 g/mol. The Morgan fingerprint density at radius 3 is 2.21 bits per heavy atom. The monoisotopic (exact) mass is 199 g/mol. The van der Waals surface area contributed by atoms with Crippen molar-refractivity contribution in [3.05, 3.63) is 0 Å². The zero-order valence-corrected chi connectivity index (χ0v) is 7.78. The lowest BCUT2D eigenvalue weighted by atomic mass is 10.2. The van der Waals surface area contributed by atoms with Crippen molar-refractivity contribution in [2.45, 2.75) is 25.7 Å². The van der Waals surface area contributed by atoms with Crippen molar-refractivity contribution in [1.29, 1.82) is 0 Å². The van der Waals surface area contributed by atoms with E-state index in [1.807, 2.05) is 5.43 Å². The number of rotatable bonds is 2. The van der Waals surface area contributed by atoms with Crippen molar-refractivity contribution in [3.8, 4) is 0 Å². The Bertz CT molecular complexity index is 247. The fraction of sp³-hybridized carbons (Fsp3) is 0.625. The Morgan fingerprint density at radius 2 is 1.79 bits per heavy atom. The number of hydrazine groups is 1. The number of carbonyl (C=O) groups excluding carboxylic acids is 3. The third kappa shape index (κ3) is 2.53. The molecule has 78 valence electrons. The zero-order chi connectivity index (χ0) is 10.6. The molecule has 1 heterocycles. The van der Waals surface area contributed by atoms with Crippen molar-refractivity contribution in [2.75, 3.05) is 6.54 Å². The number of hydrogen-bond donors (Lipinski definition) is 2. The Hall–Kier alpha value is -1.43. The van der Waals surface area contributed by atoms with E-state index >= 15 is 0 Å². The van der Waals surface area contributed by atoms with E-state index in [0.717, 1.165) is 4.90 Å². The summed E-state index contributed by atoms with van der Waals surface area (Å²) in [5, 5.41) is 0. The maximum Gasteiger partial charge on any atom is 0.254 e. The van der Waals surface area contributed by atoms with Gasteiger partial charge in [0.2, 0.25) is 11.8 Å². The van der Waals surface area contributed by atoms with Gasteiger partial charge in [-0.1, -0.05) is 0 Å². The van der Waals surface area contributed by atoms with E-state index in [4.69, 9.17) is 5.84 Å². The summed E-state index contributed by atoms with van der Waals surface area (Å²) in [7, 11) is 0. The highest BCUT2D eigenvalue weighted by Gasteiger charge is 2.25. The van der Waals surface area contributed by atoms with E-state index in [-0.39, 0.29) is 18.4 Å². The molecule has 3 N–H and O–H groups in total. The summed E-state index contributed by atoms with van der Waals surface area (Å²) in [5.74, 6) is 3.75. The summed E-state index contributed by atoms with van der Waals surface area (Å²) in [4.78, 5) is 34.6. The molecular weight excluding hydrogens is 186 g/mol. The Kier molecular flexibility index (Phi) is 3.58. The number of nitrogens with zero attached hydrogens (tertiary/aromatic N) is 1. The summed E-state index contributed by atoms with van der Waals surface area (Å²) in [6, 6.07) is 0. The minimum absolute atomic E-state index is 0.270. The number of nitrogens with two attached hydrogens (primary N) is 1. The number of carbonyl (C=O) groups is 3. The van der Waals surface area contributed by atoms with E-state index in [1.54, 1.807) is 0 Å². The van der Waals surface area contributed by atoms with Gasteiger partial charge in [-0.15, -0.1) is 0 Å².